The molecule has 6 nitrogen and oxygen atoms in total. The summed E-state index contributed by atoms with van der Waals surface area (Å²) in [6, 6.07) is 6.87. The van der Waals surface area contributed by atoms with Gasteiger partial charge in [0.25, 0.3) is 0 Å². The molecule has 0 saturated carbocycles. The molecule has 0 atom stereocenters. The molecule has 0 aliphatic heterocycles. The summed E-state index contributed by atoms with van der Waals surface area (Å²) in [5.74, 6) is -0.940. The van der Waals surface area contributed by atoms with Crippen LogP contribution in [0, 0.1) is 0 Å². The van der Waals surface area contributed by atoms with Crippen LogP contribution in [0.4, 0.5) is 5.69 Å². The first kappa shape index (κ1) is 15.7. The number of rotatable bonds is 7. The Hall–Kier alpha value is -2.34. The monoisotopic (exact) mass is 278 g/mol. The average molecular weight is 278 g/mol. The molecule has 0 radical (unpaired) electrons. The molecule has 0 aliphatic carbocycles. The molecular weight excluding hydrogens is 260 g/mol. The van der Waals surface area contributed by atoms with Crippen LogP contribution in [0.15, 0.2) is 36.4 Å². The molecule has 0 fully saturated rings. The molecule has 1 aromatic rings. The normalized spacial score (nSPS) is 10.8. The number of ether oxygens (including phenoxy) is 1. The largest absolute Gasteiger partial charge is 0.492 e. The fourth-order valence-corrected chi connectivity index (χ4v) is 1.31. The van der Waals surface area contributed by atoms with Crippen molar-refractivity contribution in [3.05, 3.63) is 36.4 Å². The third-order valence-electron chi connectivity index (χ3n) is 2.31. The lowest BCUT2D eigenvalue weighted by Gasteiger charge is -2.11. The summed E-state index contributed by atoms with van der Waals surface area (Å²) in [4.78, 5) is 23.6. The summed E-state index contributed by atoms with van der Waals surface area (Å²) in [7, 11) is 3.93. The lowest BCUT2D eigenvalue weighted by atomic mass is 10.3. The zero-order valence-electron chi connectivity index (χ0n) is 11.5. The first-order chi connectivity index (χ1) is 9.47. The second-order valence-electron chi connectivity index (χ2n) is 4.34. The van der Waals surface area contributed by atoms with Crippen molar-refractivity contribution in [1.82, 2.24) is 4.90 Å². The number of amides is 1. The standard InChI is InChI=1S/C14H18N2O4/c1-16(2)9-10-20-12-5-3-11(4-6-12)15-13(17)7-8-14(18)19/h3-8H,9-10H2,1-2H3,(H,15,17)(H,18,19)/b8-7+. The van der Waals surface area contributed by atoms with E-state index in [0.29, 0.717) is 18.0 Å². The van der Waals surface area contributed by atoms with Crippen LogP contribution in [0.5, 0.6) is 5.75 Å². The summed E-state index contributed by atoms with van der Waals surface area (Å²) in [5, 5.41) is 10.9. The Balaban J connectivity index is 2.46. The number of hydrogen-bond acceptors (Lipinski definition) is 4. The highest BCUT2D eigenvalue weighted by molar-refractivity contribution is 6.02. The van der Waals surface area contributed by atoms with Gasteiger partial charge < -0.3 is 20.1 Å². The third-order valence-corrected chi connectivity index (χ3v) is 2.31. The third kappa shape index (κ3) is 6.55. The molecule has 0 aromatic heterocycles. The van der Waals surface area contributed by atoms with Gasteiger partial charge in [0.1, 0.15) is 12.4 Å². The molecule has 108 valence electrons. The minimum atomic E-state index is -1.16. The number of carboxylic acid groups (broad SMARTS) is 1. The fraction of sp³-hybridized carbons (Fsp3) is 0.286. The predicted octanol–water partition coefficient (Wildman–Crippen LogP) is 1.21. The molecule has 0 aliphatic rings. The molecule has 1 aromatic carbocycles. The van der Waals surface area contributed by atoms with Gasteiger partial charge in [0.05, 0.1) is 0 Å². The van der Waals surface area contributed by atoms with Crippen LogP contribution < -0.4 is 10.1 Å². The van der Waals surface area contributed by atoms with Crippen LogP contribution in [0.25, 0.3) is 0 Å². The molecule has 6 heteroatoms. The van der Waals surface area contributed by atoms with Crippen molar-refractivity contribution in [2.24, 2.45) is 0 Å². The fourth-order valence-electron chi connectivity index (χ4n) is 1.31. The smallest absolute Gasteiger partial charge is 0.328 e. The van der Waals surface area contributed by atoms with Crippen LogP contribution in [0.3, 0.4) is 0 Å². The van der Waals surface area contributed by atoms with Crippen molar-refractivity contribution < 1.29 is 19.4 Å². The Morgan fingerprint density at radius 2 is 1.90 bits per heavy atom. The van der Waals surface area contributed by atoms with Gasteiger partial charge >= 0.3 is 5.97 Å². The number of aliphatic carboxylic acids is 1. The van der Waals surface area contributed by atoms with E-state index in [1.165, 1.54) is 0 Å². The van der Waals surface area contributed by atoms with E-state index in [-0.39, 0.29) is 0 Å². The van der Waals surface area contributed by atoms with Crippen LogP contribution in [0.2, 0.25) is 0 Å². The quantitative estimate of drug-likeness (QED) is 0.733. The van der Waals surface area contributed by atoms with Crippen molar-refractivity contribution in [1.29, 1.82) is 0 Å². The minimum absolute atomic E-state index is 0.492. The van der Waals surface area contributed by atoms with E-state index >= 15 is 0 Å². The summed E-state index contributed by atoms with van der Waals surface area (Å²) >= 11 is 0. The van der Waals surface area contributed by atoms with Crippen LogP contribution >= 0.6 is 0 Å². The van der Waals surface area contributed by atoms with Crippen molar-refractivity contribution in [2.75, 3.05) is 32.6 Å². The first-order valence-electron chi connectivity index (χ1n) is 6.07. The number of likely N-dealkylation sites (N-methyl/N-ethyl adjacent to an activating group) is 1. The lowest BCUT2D eigenvalue weighted by Crippen LogP contribution is -2.19. The molecule has 1 amide bonds. The van der Waals surface area contributed by atoms with Crippen molar-refractivity contribution >= 4 is 17.6 Å². The van der Waals surface area contributed by atoms with E-state index in [4.69, 9.17) is 9.84 Å². The van der Waals surface area contributed by atoms with Gasteiger partial charge in [0.2, 0.25) is 5.91 Å². The van der Waals surface area contributed by atoms with Gasteiger partial charge in [-0.2, -0.15) is 0 Å². The molecule has 1 rings (SSSR count). The molecule has 20 heavy (non-hydrogen) atoms. The van der Waals surface area contributed by atoms with Gasteiger partial charge in [-0.3, -0.25) is 4.79 Å². The Morgan fingerprint density at radius 3 is 2.45 bits per heavy atom. The molecule has 2 N–H and O–H groups in total. The van der Waals surface area contributed by atoms with Crippen molar-refractivity contribution in [3.63, 3.8) is 0 Å². The van der Waals surface area contributed by atoms with E-state index < -0.39 is 11.9 Å². The van der Waals surface area contributed by atoms with E-state index in [2.05, 4.69) is 5.32 Å². The number of nitrogens with one attached hydrogen (secondary N) is 1. The molecule has 0 bridgehead atoms. The van der Waals surface area contributed by atoms with E-state index in [1.54, 1.807) is 24.3 Å². The lowest BCUT2D eigenvalue weighted by molar-refractivity contribution is -0.131. The summed E-state index contributed by atoms with van der Waals surface area (Å²) in [5.41, 5.74) is 0.574. The number of benzene rings is 1. The highest BCUT2D eigenvalue weighted by Gasteiger charge is 2.00. The number of anilines is 1. The Morgan fingerprint density at radius 1 is 1.25 bits per heavy atom. The number of nitrogens with zero attached hydrogens (tertiary/aromatic N) is 1. The Kier molecular flexibility index (Phi) is 6.25. The maximum absolute atomic E-state index is 11.4. The topological polar surface area (TPSA) is 78.9 Å². The van der Waals surface area contributed by atoms with Gasteiger partial charge in [-0.15, -0.1) is 0 Å². The Labute approximate surface area is 117 Å². The molecule has 0 heterocycles. The number of hydrogen-bond donors (Lipinski definition) is 2. The summed E-state index contributed by atoms with van der Waals surface area (Å²) in [6.45, 7) is 1.40. The average Bonchev–Trinajstić information content (AvgIpc) is 2.38. The highest BCUT2D eigenvalue weighted by Crippen LogP contribution is 2.15. The first-order valence-corrected chi connectivity index (χ1v) is 6.07. The van der Waals surface area contributed by atoms with E-state index in [0.717, 1.165) is 18.7 Å². The van der Waals surface area contributed by atoms with Gasteiger partial charge in [-0.25, -0.2) is 4.79 Å². The maximum atomic E-state index is 11.4. The van der Waals surface area contributed by atoms with Crippen molar-refractivity contribution in [2.45, 2.75) is 0 Å². The van der Waals surface area contributed by atoms with Gasteiger partial charge in [-0.1, -0.05) is 0 Å². The zero-order valence-corrected chi connectivity index (χ0v) is 11.5. The summed E-state index contributed by atoms with van der Waals surface area (Å²) < 4.78 is 5.51. The van der Waals surface area contributed by atoms with Gasteiger partial charge in [-0.05, 0) is 38.4 Å². The molecule has 0 spiro atoms. The van der Waals surface area contributed by atoms with Gasteiger partial charge in [0.15, 0.2) is 0 Å². The molecule has 0 saturated heterocycles. The molecule has 0 unspecified atom stereocenters. The van der Waals surface area contributed by atoms with Crippen LogP contribution in [-0.2, 0) is 9.59 Å². The second-order valence-corrected chi connectivity index (χ2v) is 4.34. The number of carboxylic acids is 1. The van der Waals surface area contributed by atoms with Crippen LogP contribution in [-0.4, -0.2) is 49.1 Å². The zero-order chi connectivity index (χ0) is 15.0. The predicted molar refractivity (Wildman–Crippen MR) is 75.9 cm³/mol. The SMILES string of the molecule is CN(C)CCOc1ccc(NC(=O)/C=C/C(=O)O)cc1. The molecular formula is C14H18N2O4. The minimum Gasteiger partial charge on any atom is -0.492 e. The Bertz CT molecular complexity index is 480. The van der Waals surface area contributed by atoms with Gasteiger partial charge in [0, 0.05) is 24.4 Å². The van der Waals surface area contributed by atoms with E-state index in [9.17, 15) is 9.59 Å². The number of carbonyl (C=O) groups is 2. The number of carbonyl (C=O) groups excluding carboxylic acids is 1. The maximum Gasteiger partial charge on any atom is 0.328 e. The van der Waals surface area contributed by atoms with Crippen molar-refractivity contribution in [3.8, 4) is 5.75 Å². The highest BCUT2D eigenvalue weighted by atomic mass is 16.5. The second kappa shape index (κ2) is 7.96. The summed E-state index contributed by atoms with van der Waals surface area (Å²) in [6.07, 6.45) is 1.75. The van der Waals surface area contributed by atoms with Crippen LogP contribution in [0.1, 0.15) is 0 Å². The van der Waals surface area contributed by atoms with E-state index in [1.807, 2.05) is 19.0 Å².